The molecule has 0 spiro atoms. The van der Waals surface area contributed by atoms with E-state index in [9.17, 15) is 0 Å². The van der Waals surface area contributed by atoms with Gasteiger partial charge in [0.25, 0.3) is 0 Å². The Morgan fingerprint density at radius 2 is 1.77 bits per heavy atom. The van der Waals surface area contributed by atoms with Gasteiger partial charge in [-0.25, -0.2) is 4.98 Å². The van der Waals surface area contributed by atoms with Crippen molar-refractivity contribution < 1.29 is 4.74 Å². The number of nitrogens with zero attached hydrogens (tertiary/aromatic N) is 2. The van der Waals surface area contributed by atoms with Crippen LogP contribution >= 0.6 is 11.6 Å². The highest BCUT2D eigenvalue weighted by Crippen LogP contribution is 2.35. The molecule has 3 nitrogen and oxygen atoms in total. The maximum atomic E-state index is 6.41. The third kappa shape index (κ3) is 3.78. The average Bonchev–Trinajstić information content (AvgIpc) is 3.03. The first-order valence-electron chi connectivity index (χ1n) is 8.75. The predicted molar refractivity (Wildman–Crippen MR) is 107 cm³/mol. The second-order valence-electron chi connectivity index (χ2n) is 7.37. The van der Waals surface area contributed by atoms with Crippen LogP contribution in [0.25, 0.3) is 0 Å². The first-order chi connectivity index (χ1) is 12.3. The Labute approximate surface area is 160 Å². The van der Waals surface area contributed by atoms with Gasteiger partial charge in [0, 0.05) is 23.7 Å². The number of hydrogen-bond acceptors (Lipinski definition) is 2. The van der Waals surface area contributed by atoms with E-state index in [-0.39, 0.29) is 5.41 Å². The standard InChI is InChI=1S/C22H25ClN2O/c1-15-10-18(11-21(23)16(15)2)22(3,4)17-6-8-20(9-7-17)26-13-19-12-25(5)14-24-19/h6-12,14H,13H2,1-5H3. The molecule has 0 bridgehead atoms. The van der Waals surface area contributed by atoms with Crippen LogP contribution in [0.5, 0.6) is 5.75 Å². The van der Waals surface area contributed by atoms with Gasteiger partial charge in [0.05, 0.1) is 12.0 Å². The predicted octanol–water partition coefficient (Wildman–Crippen LogP) is 5.60. The monoisotopic (exact) mass is 368 g/mol. The van der Waals surface area contributed by atoms with E-state index in [1.807, 2.05) is 29.9 Å². The quantitative estimate of drug-likeness (QED) is 0.586. The molecule has 0 saturated heterocycles. The molecule has 0 unspecified atom stereocenters. The van der Waals surface area contributed by atoms with E-state index in [2.05, 4.69) is 56.9 Å². The van der Waals surface area contributed by atoms with Gasteiger partial charge in [0.2, 0.25) is 0 Å². The van der Waals surface area contributed by atoms with E-state index in [0.29, 0.717) is 6.61 Å². The summed E-state index contributed by atoms with van der Waals surface area (Å²) in [5, 5.41) is 0.823. The van der Waals surface area contributed by atoms with Crippen molar-refractivity contribution in [1.29, 1.82) is 0 Å². The molecular weight excluding hydrogens is 344 g/mol. The summed E-state index contributed by atoms with van der Waals surface area (Å²) >= 11 is 6.41. The van der Waals surface area contributed by atoms with Crippen molar-refractivity contribution in [3.05, 3.63) is 81.9 Å². The number of aryl methyl sites for hydroxylation is 2. The van der Waals surface area contributed by atoms with Crippen LogP contribution < -0.4 is 4.74 Å². The minimum atomic E-state index is -0.137. The Balaban J connectivity index is 1.78. The summed E-state index contributed by atoms with van der Waals surface area (Å²) in [7, 11) is 1.95. The molecule has 1 heterocycles. The van der Waals surface area contributed by atoms with E-state index in [1.54, 1.807) is 6.33 Å². The molecule has 1 aromatic heterocycles. The molecular formula is C22H25ClN2O. The van der Waals surface area contributed by atoms with Gasteiger partial charge in [0.1, 0.15) is 12.4 Å². The summed E-state index contributed by atoms with van der Waals surface area (Å²) in [5.74, 6) is 0.841. The fourth-order valence-corrected chi connectivity index (χ4v) is 3.28. The van der Waals surface area contributed by atoms with Gasteiger partial charge in [0.15, 0.2) is 0 Å². The van der Waals surface area contributed by atoms with E-state index < -0.39 is 0 Å². The number of aromatic nitrogens is 2. The molecule has 0 aliphatic heterocycles. The molecule has 0 fully saturated rings. The van der Waals surface area contributed by atoms with Crippen molar-refractivity contribution in [2.45, 2.75) is 39.7 Å². The van der Waals surface area contributed by atoms with E-state index >= 15 is 0 Å². The number of imidazole rings is 1. The highest BCUT2D eigenvalue weighted by atomic mass is 35.5. The normalized spacial score (nSPS) is 11.6. The molecule has 3 rings (SSSR count). The maximum Gasteiger partial charge on any atom is 0.132 e. The lowest BCUT2D eigenvalue weighted by molar-refractivity contribution is 0.301. The highest BCUT2D eigenvalue weighted by molar-refractivity contribution is 6.31. The lowest BCUT2D eigenvalue weighted by atomic mass is 9.77. The number of rotatable bonds is 5. The van der Waals surface area contributed by atoms with Gasteiger partial charge in [-0.05, 0) is 54.3 Å². The van der Waals surface area contributed by atoms with Crippen LogP contribution in [0.1, 0.15) is 41.8 Å². The molecule has 2 aromatic carbocycles. The summed E-state index contributed by atoms with van der Waals surface area (Å²) in [6, 6.07) is 12.6. The van der Waals surface area contributed by atoms with Crippen LogP contribution in [-0.4, -0.2) is 9.55 Å². The van der Waals surface area contributed by atoms with Crippen LogP contribution in [0, 0.1) is 13.8 Å². The number of ether oxygens (including phenoxy) is 1. The van der Waals surface area contributed by atoms with Crippen molar-refractivity contribution in [2.75, 3.05) is 0 Å². The highest BCUT2D eigenvalue weighted by Gasteiger charge is 2.24. The van der Waals surface area contributed by atoms with Gasteiger partial charge < -0.3 is 9.30 Å². The second kappa shape index (κ2) is 7.16. The average molecular weight is 369 g/mol. The Morgan fingerprint density at radius 3 is 2.35 bits per heavy atom. The van der Waals surface area contributed by atoms with Gasteiger partial charge in [-0.1, -0.05) is 43.6 Å². The minimum absolute atomic E-state index is 0.137. The van der Waals surface area contributed by atoms with Gasteiger partial charge in [-0.3, -0.25) is 0 Å². The Morgan fingerprint density at radius 1 is 1.08 bits per heavy atom. The molecule has 0 saturated carbocycles. The smallest absolute Gasteiger partial charge is 0.132 e. The van der Waals surface area contributed by atoms with Crippen molar-refractivity contribution in [3.63, 3.8) is 0 Å². The third-order valence-electron chi connectivity index (χ3n) is 5.05. The lowest BCUT2D eigenvalue weighted by Crippen LogP contribution is -2.19. The maximum absolute atomic E-state index is 6.41. The third-order valence-corrected chi connectivity index (χ3v) is 5.44. The number of hydrogen-bond donors (Lipinski definition) is 0. The molecule has 26 heavy (non-hydrogen) atoms. The first kappa shape index (κ1) is 18.5. The summed E-state index contributed by atoms with van der Waals surface area (Å²) in [6.45, 7) is 9.07. The van der Waals surface area contributed by atoms with Crippen LogP contribution in [0.2, 0.25) is 5.02 Å². The minimum Gasteiger partial charge on any atom is -0.487 e. The molecule has 136 valence electrons. The van der Waals surface area contributed by atoms with Crippen LogP contribution in [0.3, 0.4) is 0 Å². The zero-order chi connectivity index (χ0) is 18.9. The van der Waals surface area contributed by atoms with Gasteiger partial charge in [-0.2, -0.15) is 0 Å². The molecule has 0 N–H and O–H groups in total. The fraction of sp³-hybridized carbons (Fsp3) is 0.318. The second-order valence-corrected chi connectivity index (χ2v) is 7.78. The largest absolute Gasteiger partial charge is 0.487 e. The topological polar surface area (TPSA) is 27.1 Å². The summed E-state index contributed by atoms with van der Waals surface area (Å²) in [4.78, 5) is 4.28. The van der Waals surface area contributed by atoms with Crippen molar-refractivity contribution in [1.82, 2.24) is 9.55 Å². The summed E-state index contributed by atoms with van der Waals surface area (Å²) in [5.41, 5.74) is 5.58. The SMILES string of the molecule is Cc1cc(C(C)(C)c2ccc(OCc3cn(C)cn3)cc2)cc(Cl)c1C. The Kier molecular flexibility index (Phi) is 5.10. The molecule has 0 atom stereocenters. The first-order valence-corrected chi connectivity index (χ1v) is 9.12. The number of benzene rings is 2. The van der Waals surface area contributed by atoms with Gasteiger partial charge >= 0.3 is 0 Å². The summed E-state index contributed by atoms with van der Waals surface area (Å²) < 4.78 is 7.75. The summed E-state index contributed by atoms with van der Waals surface area (Å²) in [6.07, 6.45) is 3.74. The lowest BCUT2D eigenvalue weighted by Gasteiger charge is -2.27. The zero-order valence-corrected chi connectivity index (χ0v) is 16.8. The van der Waals surface area contributed by atoms with E-state index in [4.69, 9.17) is 16.3 Å². The van der Waals surface area contributed by atoms with Crippen molar-refractivity contribution in [2.24, 2.45) is 7.05 Å². The Hall–Kier alpha value is -2.26. The Bertz CT molecular complexity index is 887. The molecule has 3 aromatic rings. The van der Waals surface area contributed by atoms with Crippen molar-refractivity contribution >= 4 is 11.6 Å². The fourth-order valence-electron chi connectivity index (χ4n) is 3.01. The molecule has 0 aliphatic carbocycles. The van der Waals surface area contributed by atoms with E-state index in [0.717, 1.165) is 22.0 Å². The molecule has 0 aliphatic rings. The van der Waals surface area contributed by atoms with E-state index in [1.165, 1.54) is 16.7 Å². The van der Waals surface area contributed by atoms with Crippen LogP contribution in [0.4, 0.5) is 0 Å². The van der Waals surface area contributed by atoms with Crippen molar-refractivity contribution in [3.8, 4) is 5.75 Å². The zero-order valence-electron chi connectivity index (χ0n) is 16.0. The molecule has 4 heteroatoms. The number of halogens is 1. The van der Waals surface area contributed by atoms with Gasteiger partial charge in [-0.15, -0.1) is 0 Å². The van der Waals surface area contributed by atoms with Crippen LogP contribution in [-0.2, 0) is 19.1 Å². The van der Waals surface area contributed by atoms with Crippen LogP contribution in [0.15, 0.2) is 48.9 Å². The molecule has 0 radical (unpaired) electrons. The molecule has 0 amide bonds.